The summed E-state index contributed by atoms with van der Waals surface area (Å²) in [4.78, 5) is 11.9. The van der Waals surface area contributed by atoms with Crippen molar-refractivity contribution >= 4 is 34.2 Å². The van der Waals surface area contributed by atoms with Crippen LogP contribution in [0.1, 0.15) is 15.9 Å². The van der Waals surface area contributed by atoms with Crippen LogP contribution in [0.5, 0.6) is 0 Å². The fraction of sp³-hybridized carbons (Fsp3) is 0.0714. The number of benzene rings is 2. The molecule has 6 heteroatoms. The maximum atomic E-state index is 12.6. The van der Waals surface area contributed by atoms with Gasteiger partial charge < -0.3 is 5.32 Å². The van der Waals surface area contributed by atoms with Crippen LogP contribution in [-0.4, -0.2) is 5.91 Å². The molecule has 2 rings (SSSR count). The maximum Gasteiger partial charge on any atom is 0.416 e. The second-order valence-electron chi connectivity index (χ2n) is 4.04. The van der Waals surface area contributed by atoms with Gasteiger partial charge in [-0.1, -0.05) is 6.07 Å². The highest BCUT2D eigenvalue weighted by Crippen LogP contribution is 2.29. The number of rotatable bonds is 2. The third-order valence-electron chi connectivity index (χ3n) is 2.55. The lowest BCUT2D eigenvalue weighted by molar-refractivity contribution is -0.137. The first-order chi connectivity index (χ1) is 9.36. The average Bonchev–Trinajstić information content (AvgIpc) is 2.40. The molecule has 0 bridgehead atoms. The fourth-order valence-electron chi connectivity index (χ4n) is 1.57. The van der Waals surface area contributed by atoms with Crippen molar-refractivity contribution in [1.29, 1.82) is 0 Å². The predicted molar refractivity (Wildman–Crippen MR) is 78.6 cm³/mol. The zero-order valence-electron chi connectivity index (χ0n) is 10.0. The van der Waals surface area contributed by atoms with Gasteiger partial charge in [0.15, 0.2) is 0 Å². The highest BCUT2D eigenvalue weighted by molar-refractivity contribution is 14.1. The summed E-state index contributed by atoms with van der Waals surface area (Å²) in [5, 5.41) is 2.55. The number of carbonyl (C=O) groups is 1. The lowest BCUT2D eigenvalue weighted by atomic mass is 10.1. The summed E-state index contributed by atoms with van der Waals surface area (Å²) in [6, 6.07) is 11.3. The molecule has 104 valence electrons. The minimum atomic E-state index is -4.46. The van der Waals surface area contributed by atoms with Crippen molar-refractivity contribution in [2.45, 2.75) is 6.18 Å². The first-order valence-electron chi connectivity index (χ1n) is 5.60. The Balaban J connectivity index is 2.19. The van der Waals surface area contributed by atoms with E-state index in [-0.39, 0.29) is 5.56 Å². The zero-order valence-corrected chi connectivity index (χ0v) is 12.2. The Bertz CT molecular complexity index is 623. The number of amides is 1. The first-order valence-corrected chi connectivity index (χ1v) is 6.68. The van der Waals surface area contributed by atoms with Gasteiger partial charge in [-0.05, 0) is 65.1 Å². The quantitative estimate of drug-likeness (QED) is 0.748. The molecule has 1 N–H and O–H groups in total. The number of nitrogens with one attached hydrogen (secondary N) is 1. The lowest BCUT2D eigenvalue weighted by Crippen LogP contribution is -2.13. The smallest absolute Gasteiger partial charge is 0.322 e. The van der Waals surface area contributed by atoms with E-state index in [2.05, 4.69) is 27.9 Å². The highest BCUT2D eigenvalue weighted by atomic mass is 127. The van der Waals surface area contributed by atoms with Crippen LogP contribution >= 0.6 is 22.6 Å². The van der Waals surface area contributed by atoms with Gasteiger partial charge in [0.25, 0.3) is 5.91 Å². The van der Waals surface area contributed by atoms with Gasteiger partial charge in [0.05, 0.1) is 5.56 Å². The Morgan fingerprint density at radius 3 is 2.30 bits per heavy atom. The molecule has 20 heavy (non-hydrogen) atoms. The topological polar surface area (TPSA) is 29.1 Å². The molecule has 0 heterocycles. The molecule has 2 nitrogen and oxygen atoms in total. The summed E-state index contributed by atoms with van der Waals surface area (Å²) < 4.78 is 38.7. The summed E-state index contributed by atoms with van der Waals surface area (Å²) in [5.41, 5.74) is -0.334. The van der Waals surface area contributed by atoms with Crippen LogP contribution in [0.3, 0.4) is 0 Å². The van der Waals surface area contributed by atoms with Crippen LogP contribution in [0.2, 0.25) is 0 Å². The van der Waals surface area contributed by atoms with E-state index >= 15 is 0 Å². The van der Waals surface area contributed by atoms with E-state index in [0.29, 0.717) is 5.69 Å². The van der Waals surface area contributed by atoms with Crippen LogP contribution in [0, 0.1) is 3.57 Å². The zero-order chi connectivity index (χ0) is 14.8. The standard InChI is InChI=1S/C14H9F3INO/c15-14(16,17)10-3-1-2-9(8-10)13(20)19-12-6-4-11(18)5-7-12/h1-8H,(H,19,20). The molecule has 2 aromatic rings. The van der Waals surface area contributed by atoms with Crippen molar-refractivity contribution in [3.63, 3.8) is 0 Å². The molecular weight excluding hydrogens is 382 g/mol. The first kappa shape index (κ1) is 14.8. The molecule has 0 saturated heterocycles. The van der Waals surface area contributed by atoms with Crippen molar-refractivity contribution in [2.24, 2.45) is 0 Å². The van der Waals surface area contributed by atoms with Gasteiger partial charge in [-0.3, -0.25) is 4.79 Å². The Morgan fingerprint density at radius 2 is 1.70 bits per heavy atom. The Kier molecular flexibility index (Phi) is 4.32. The molecule has 0 spiro atoms. The number of hydrogen-bond acceptors (Lipinski definition) is 1. The predicted octanol–water partition coefficient (Wildman–Crippen LogP) is 4.56. The van der Waals surface area contributed by atoms with E-state index in [1.807, 2.05) is 0 Å². The van der Waals surface area contributed by atoms with Crippen molar-refractivity contribution < 1.29 is 18.0 Å². The third-order valence-corrected chi connectivity index (χ3v) is 3.27. The molecule has 1 amide bonds. The summed E-state index contributed by atoms with van der Waals surface area (Å²) in [5.74, 6) is -0.572. The minimum Gasteiger partial charge on any atom is -0.322 e. The van der Waals surface area contributed by atoms with Gasteiger partial charge in [0.1, 0.15) is 0 Å². The van der Waals surface area contributed by atoms with Gasteiger partial charge >= 0.3 is 6.18 Å². The van der Waals surface area contributed by atoms with Gasteiger partial charge in [0.2, 0.25) is 0 Å². The molecule has 0 aliphatic rings. The average molecular weight is 391 g/mol. The SMILES string of the molecule is O=C(Nc1ccc(I)cc1)c1cccc(C(F)(F)F)c1. The van der Waals surface area contributed by atoms with E-state index in [0.717, 1.165) is 15.7 Å². The fourth-order valence-corrected chi connectivity index (χ4v) is 1.93. The molecule has 0 fully saturated rings. The molecule has 0 aliphatic heterocycles. The summed E-state index contributed by atoms with van der Waals surface area (Å²) >= 11 is 2.12. The number of hydrogen-bond donors (Lipinski definition) is 1. The van der Waals surface area contributed by atoms with Gasteiger partial charge in [-0.15, -0.1) is 0 Å². The molecular formula is C14H9F3INO. The molecule has 0 radical (unpaired) electrons. The lowest BCUT2D eigenvalue weighted by Gasteiger charge is -2.09. The van der Waals surface area contributed by atoms with Crippen LogP contribution in [0.25, 0.3) is 0 Å². The highest BCUT2D eigenvalue weighted by Gasteiger charge is 2.30. The second kappa shape index (κ2) is 5.82. The molecule has 0 saturated carbocycles. The van der Waals surface area contributed by atoms with E-state index in [9.17, 15) is 18.0 Å². The van der Waals surface area contributed by atoms with Gasteiger partial charge in [0, 0.05) is 14.8 Å². The number of alkyl halides is 3. The van der Waals surface area contributed by atoms with E-state index < -0.39 is 17.6 Å². The van der Waals surface area contributed by atoms with Crippen LogP contribution < -0.4 is 5.32 Å². The Morgan fingerprint density at radius 1 is 1.05 bits per heavy atom. The minimum absolute atomic E-state index is 0.0293. The van der Waals surface area contributed by atoms with Gasteiger partial charge in [-0.2, -0.15) is 13.2 Å². The van der Waals surface area contributed by atoms with Crippen LogP contribution in [0.4, 0.5) is 18.9 Å². The van der Waals surface area contributed by atoms with E-state index in [1.165, 1.54) is 12.1 Å². The molecule has 0 atom stereocenters. The van der Waals surface area contributed by atoms with Crippen LogP contribution in [0.15, 0.2) is 48.5 Å². The Hall–Kier alpha value is -1.57. The van der Waals surface area contributed by atoms with Crippen molar-refractivity contribution in [2.75, 3.05) is 5.32 Å². The maximum absolute atomic E-state index is 12.6. The largest absolute Gasteiger partial charge is 0.416 e. The van der Waals surface area contributed by atoms with Crippen molar-refractivity contribution in [3.05, 3.63) is 63.2 Å². The van der Waals surface area contributed by atoms with Crippen molar-refractivity contribution in [3.8, 4) is 0 Å². The molecule has 2 aromatic carbocycles. The second-order valence-corrected chi connectivity index (χ2v) is 5.29. The Labute approximate surface area is 127 Å². The molecule has 0 aliphatic carbocycles. The number of carbonyl (C=O) groups excluding carboxylic acids is 1. The number of halogens is 4. The monoisotopic (exact) mass is 391 g/mol. The van der Waals surface area contributed by atoms with Crippen LogP contribution in [-0.2, 0) is 6.18 Å². The van der Waals surface area contributed by atoms with Gasteiger partial charge in [-0.25, -0.2) is 0 Å². The van der Waals surface area contributed by atoms with E-state index in [1.54, 1.807) is 24.3 Å². The summed E-state index contributed by atoms with van der Waals surface area (Å²) in [6.07, 6.45) is -4.46. The summed E-state index contributed by atoms with van der Waals surface area (Å²) in [7, 11) is 0. The van der Waals surface area contributed by atoms with Crippen molar-refractivity contribution in [1.82, 2.24) is 0 Å². The van der Waals surface area contributed by atoms with E-state index in [4.69, 9.17) is 0 Å². The molecule has 0 unspecified atom stereocenters. The third kappa shape index (κ3) is 3.72. The normalized spacial score (nSPS) is 11.2. The molecule has 0 aromatic heterocycles. The number of anilines is 1. The summed E-state index contributed by atoms with van der Waals surface area (Å²) in [6.45, 7) is 0.